The third-order valence-electron chi connectivity index (χ3n) is 2.90. The highest BCUT2D eigenvalue weighted by atomic mass is 15.2. The number of hydrogen-bond acceptors (Lipinski definition) is 2. The summed E-state index contributed by atoms with van der Waals surface area (Å²) in [5, 5.41) is 3.54. The summed E-state index contributed by atoms with van der Waals surface area (Å²) in [5.74, 6) is 0. The number of nitrogens with zero attached hydrogens (tertiary/aromatic N) is 1. The molecule has 2 nitrogen and oxygen atoms in total. The zero-order valence-corrected chi connectivity index (χ0v) is 12.3. The second kappa shape index (κ2) is 8.08. The third kappa shape index (κ3) is 7.24. The monoisotopic (exact) mass is 228 g/mol. The molecule has 0 atom stereocenters. The largest absolute Gasteiger partial charge is 0.316 e. The van der Waals surface area contributed by atoms with Gasteiger partial charge in [-0.1, -0.05) is 27.7 Å². The van der Waals surface area contributed by atoms with Gasteiger partial charge in [-0.25, -0.2) is 0 Å². The van der Waals surface area contributed by atoms with Gasteiger partial charge in [-0.3, -0.25) is 0 Å². The van der Waals surface area contributed by atoms with E-state index in [9.17, 15) is 0 Å². The van der Waals surface area contributed by atoms with Gasteiger partial charge in [0.25, 0.3) is 0 Å². The smallest absolute Gasteiger partial charge is 0.00475 e. The third-order valence-corrected chi connectivity index (χ3v) is 2.90. The fraction of sp³-hybridized carbons (Fsp3) is 1.00. The Bertz CT molecular complexity index is 164. The van der Waals surface area contributed by atoms with Crippen LogP contribution in [-0.4, -0.2) is 37.1 Å². The zero-order valence-electron chi connectivity index (χ0n) is 12.3. The van der Waals surface area contributed by atoms with Crippen molar-refractivity contribution in [2.24, 2.45) is 5.41 Å². The van der Waals surface area contributed by atoms with Gasteiger partial charge in [-0.15, -0.1) is 0 Å². The van der Waals surface area contributed by atoms with Crippen molar-refractivity contribution in [2.45, 2.75) is 60.4 Å². The van der Waals surface area contributed by atoms with Crippen molar-refractivity contribution in [3.63, 3.8) is 0 Å². The first-order chi connectivity index (χ1) is 7.43. The quantitative estimate of drug-likeness (QED) is 0.610. The molecule has 16 heavy (non-hydrogen) atoms. The van der Waals surface area contributed by atoms with E-state index in [2.05, 4.69) is 51.8 Å². The number of nitrogens with one attached hydrogen (secondary N) is 1. The molecule has 0 rings (SSSR count). The van der Waals surface area contributed by atoms with E-state index >= 15 is 0 Å². The van der Waals surface area contributed by atoms with Crippen molar-refractivity contribution in [3.8, 4) is 0 Å². The Labute approximate surface area is 103 Å². The number of rotatable bonds is 9. The van der Waals surface area contributed by atoms with Gasteiger partial charge in [0.2, 0.25) is 0 Å². The van der Waals surface area contributed by atoms with Crippen LogP contribution in [0.5, 0.6) is 0 Å². The van der Waals surface area contributed by atoms with E-state index in [1.807, 2.05) is 0 Å². The van der Waals surface area contributed by atoms with Crippen molar-refractivity contribution in [1.29, 1.82) is 0 Å². The van der Waals surface area contributed by atoms with Crippen molar-refractivity contribution >= 4 is 0 Å². The standard InChI is InChI=1S/C14H32N2/c1-7-9-15-11-14(5,6)12-16(10-8-2)13(3)4/h13,15H,7-12H2,1-6H3. The van der Waals surface area contributed by atoms with Crippen LogP contribution in [0, 0.1) is 5.41 Å². The highest BCUT2D eigenvalue weighted by molar-refractivity contribution is 4.77. The molecule has 0 bridgehead atoms. The number of hydrogen-bond donors (Lipinski definition) is 1. The van der Waals surface area contributed by atoms with Crippen molar-refractivity contribution in [1.82, 2.24) is 10.2 Å². The van der Waals surface area contributed by atoms with Crippen LogP contribution in [0.2, 0.25) is 0 Å². The first kappa shape index (κ1) is 15.9. The molecule has 2 heteroatoms. The topological polar surface area (TPSA) is 15.3 Å². The minimum atomic E-state index is 0.370. The highest BCUT2D eigenvalue weighted by Crippen LogP contribution is 2.17. The molecule has 0 aliphatic carbocycles. The average Bonchev–Trinajstić information content (AvgIpc) is 2.17. The van der Waals surface area contributed by atoms with Crippen LogP contribution >= 0.6 is 0 Å². The second-order valence-electron chi connectivity index (χ2n) is 5.91. The summed E-state index contributed by atoms with van der Waals surface area (Å²) in [7, 11) is 0. The van der Waals surface area contributed by atoms with E-state index in [0.717, 1.165) is 13.1 Å². The molecular weight excluding hydrogens is 196 g/mol. The Hall–Kier alpha value is -0.0800. The maximum atomic E-state index is 3.54. The maximum absolute atomic E-state index is 3.54. The van der Waals surface area contributed by atoms with Crippen LogP contribution in [0.3, 0.4) is 0 Å². The Morgan fingerprint density at radius 2 is 1.75 bits per heavy atom. The normalized spacial score (nSPS) is 12.8. The zero-order chi connectivity index (χ0) is 12.6. The lowest BCUT2D eigenvalue weighted by molar-refractivity contribution is 0.142. The lowest BCUT2D eigenvalue weighted by Crippen LogP contribution is -2.43. The van der Waals surface area contributed by atoms with Gasteiger partial charge in [-0.05, 0) is 45.2 Å². The Balaban J connectivity index is 4.07. The molecule has 1 N–H and O–H groups in total. The lowest BCUT2D eigenvalue weighted by atomic mass is 9.92. The summed E-state index contributed by atoms with van der Waals surface area (Å²) in [4.78, 5) is 2.59. The molecule has 0 unspecified atom stereocenters. The van der Waals surface area contributed by atoms with Crippen LogP contribution in [0.1, 0.15) is 54.4 Å². The van der Waals surface area contributed by atoms with Crippen molar-refractivity contribution < 1.29 is 0 Å². The Kier molecular flexibility index (Phi) is 8.04. The van der Waals surface area contributed by atoms with Gasteiger partial charge in [0.1, 0.15) is 0 Å². The second-order valence-corrected chi connectivity index (χ2v) is 5.91. The lowest BCUT2D eigenvalue weighted by Gasteiger charge is -2.35. The fourth-order valence-electron chi connectivity index (χ4n) is 2.02. The van der Waals surface area contributed by atoms with Gasteiger partial charge in [-0.2, -0.15) is 0 Å². The summed E-state index contributed by atoms with van der Waals surface area (Å²) < 4.78 is 0. The van der Waals surface area contributed by atoms with Gasteiger partial charge >= 0.3 is 0 Å². The Morgan fingerprint density at radius 1 is 1.12 bits per heavy atom. The molecule has 98 valence electrons. The Morgan fingerprint density at radius 3 is 2.19 bits per heavy atom. The molecule has 0 aromatic carbocycles. The van der Waals surface area contributed by atoms with E-state index in [0.29, 0.717) is 11.5 Å². The molecule has 0 radical (unpaired) electrons. The van der Waals surface area contributed by atoms with E-state index < -0.39 is 0 Å². The molecule has 0 aromatic rings. The van der Waals surface area contributed by atoms with E-state index in [4.69, 9.17) is 0 Å². The van der Waals surface area contributed by atoms with Crippen molar-refractivity contribution in [2.75, 3.05) is 26.2 Å². The van der Waals surface area contributed by atoms with Gasteiger partial charge in [0.15, 0.2) is 0 Å². The van der Waals surface area contributed by atoms with Crippen LogP contribution in [0.25, 0.3) is 0 Å². The minimum absolute atomic E-state index is 0.370. The average molecular weight is 228 g/mol. The molecule has 0 saturated heterocycles. The van der Waals surface area contributed by atoms with Gasteiger partial charge in [0.05, 0.1) is 0 Å². The fourth-order valence-corrected chi connectivity index (χ4v) is 2.02. The van der Waals surface area contributed by atoms with Crippen LogP contribution < -0.4 is 5.32 Å². The molecule has 0 fully saturated rings. The molecule has 0 heterocycles. The first-order valence-corrected chi connectivity index (χ1v) is 6.87. The molecule has 0 aliphatic heterocycles. The molecule has 0 aromatic heterocycles. The van der Waals surface area contributed by atoms with Crippen LogP contribution in [-0.2, 0) is 0 Å². The van der Waals surface area contributed by atoms with Gasteiger partial charge in [0, 0.05) is 19.1 Å². The molecule has 0 aliphatic rings. The summed E-state index contributed by atoms with van der Waals surface area (Å²) >= 11 is 0. The minimum Gasteiger partial charge on any atom is -0.316 e. The summed E-state index contributed by atoms with van der Waals surface area (Å²) in [6, 6.07) is 0.658. The molecule has 0 saturated carbocycles. The summed E-state index contributed by atoms with van der Waals surface area (Å²) in [5.41, 5.74) is 0.370. The summed E-state index contributed by atoms with van der Waals surface area (Å²) in [6.45, 7) is 18.5. The highest BCUT2D eigenvalue weighted by Gasteiger charge is 2.22. The summed E-state index contributed by atoms with van der Waals surface area (Å²) in [6.07, 6.45) is 2.47. The van der Waals surface area contributed by atoms with Crippen molar-refractivity contribution in [3.05, 3.63) is 0 Å². The SMILES string of the molecule is CCCNCC(C)(C)CN(CCC)C(C)C. The predicted molar refractivity (Wildman–Crippen MR) is 73.9 cm³/mol. The molecule has 0 spiro atoms. The maximum Gasteiger partial charge on any atom is 0.00475 e. The van der Waals surface area contributed by atoms with E-state index in [1.54, 1.807) is 0 Å². The predicted octanol–water partition coefficient (Wildman–Crippen LogP) is 3.13. The van der Waals surface area contributed by atoms with E-state index in [-0.39, 0.29) is 0 Å². The first-order valence-electron chi connectivity index (χ1n) is 6.87. The molecule has 0 amide bonds. The van der Waals surface area contributed by atoms with Crippen LogP contribution in [0.4, 0.5) is 0 Å². The van der Waals surface area contributed by atoms with Gasteiger partial charge < -0.3 is 10.2 Å². The van der Waals surface area contributed by atoms with E-state index in [1.165, 1.54) is 25.9 Å². The molecular formula is C14H32N2. The van der Waals surface area contributed by atoms with Crippen LogP contribution in [0.15, 0.2) is 0 Å².